The first-order valence-corrected chi connectivity index (χ1v) is 10.0. The van der Waals surface area contributed by atoms with Gasteiger partial charge in [0.2, 0.25) is 5.91 Å². The molecule has 1 aromatic heterocycles. The zero-order chi connectivity index (χ0) is 20.2. The van der Waals surface area contributed by atoms with Crippen LogP contribution in [-0.2, 0) is 17.9 Å². The van der Waals surface area contributed by atoms with Gasteiger partial charge in [-0.25, -0.2) is 9.98 Å². The number of halogens is 1. The van der Waals surface area contributed by atoms with Gasteiger partial charge >= 0.3 is 0 Å². The standard InChI is InChI=1S/C21H32N6O.HI/c1-4-22-21(24-13-12-20(28)26(5-2)6-3)25-16-19-23-14-15-27(19)17-18-10-8-7-9-11-18;/h7-11,14-15H,4-6,12-13,16-17H2,1-3H3,(H2,22,24,25);1H. The zero-order valence-electron chi connectivity index (χ0n) is 17.6. The Morgan fingerprint density at radius 3 is 2.52 bits per heavy atom. The number of aliphatic imine (C=N–C) groups is 1. The summed E-state index contributed by atoms with van der Waals surface area (Å²) in [5.41, 5.74) is 1.23. The predicted molar refractivity (Wildman–Crippen MR) is 129 cm³/mol. The molecule has 0 radical (unpaired) electrons. The van der Waals surface area contributed by atoms with Crippen molar-refractivity contribution in [2.45, 2.75) is 40.3 Å². The summed E-state index contributed by atoms with van der Waals surface area (Å²) in [6.45, 7) is 10.1. The van der Waals surface area contributed by atoms with Crippen LogP contribution in [0.1, 0.15) is 38.6 Å². The highest BCUT2D eigenvalue weighted by atomic mass is 127. The summed E-state index contributed by atoms with van der Waals surface area (Å²) in [6.07, 6.45) is 4.23. The van der Waals surface area contributed by atoms with E-state index in [0.29, 0.717) is 25.5 Å². The fourth-order valence-corrected chi connectivity index (χ4v) is 2.93. The summed E-state index contributed by atoms with van der Waals surface area (Å²) in [7, 11) is 0. The summed E-state index contributed by atoms with van der Waals surface area (Å²) in [4.78, 5) is 23.0. The van der Waals surface area contributed by atoms with Crippen molar-refractivity contribution >= 4 is 35.8 Å². The second-order valence-corrected chi connectivity index (χ2v) is 6.39. The molecule has 8 heteroatoms. The van der Waals surface area contributed by atoms with Gasteiger partial charge in [0.05, 0.1) is 0 Å². The SMILES string of the molecule is CCNC(=NCc1nccn1Cc1ccccc1)NCCC(=O)N(CC)CC.I. The summed E-state index contributed by atoms with van der Waals surface area (Å²) >= 11 is 0. The van der Waals surface area contributed by atoms with Crippen LogP contribution in [0.25, 0.3) is 0 Å². The van der Waals surface area contributed by atoms with E-state index in [1.807, 2.05) is 50.1 Å². The topological polar surface area (TPSA) is 74.5 Å². The number of hydrogen-bond acceptors (Lipinski definition) is 3. The first kappa shape index (κ1) is 24.9. The van der Waals surface area contributed by atoms with Gasteiger partial charge in [0, 0.05) is 51.5 Å². The molecular formula is C21H33IN6O. The van der Waals surface area contributed by atoms with Gasteiger partial charge in [0.25, 0.3) is 0 Å². The Kier molecular flexibility index (Phi) is 12.0. The number of guanidine groups is 1. The van der Waals surface area contributed by atoms with Gasteiger partial charge in [-0.2, -0.15) is 0 Å². The van der Waals surface area contributed by atoms with E-state index in [1.165, 1.54) is 5.56 Å². The number of nitrogens with zero attached hydrogens (tertiary/aromatic N) is 4. The molecular weight excluding hydrogens is 479 g/mol. The van der Waals surface area contributed by atoms with Gasteiger partial charge in [0.1, 0.15) is 12.4 Å². The van der Waals surface area contributed by atoms with Gasteiger partial charge in [-0.1, -0.05) is 30.3 Å². The summed E-state index contributed by atoms with van der Waals surface area (Å²) in [5.74, 6) is 1.76. The van der Waals surface area contributed by atoms with E-state index in [9.17, 15) is 4.79 Å². The molecule has 0 fully saturated rings. The van der Waals surface area contributed by atoms with Crippen molar-refractivity contribution in [2.75, 3.05) is 26.2 Å². The van der Waals surface area contributed by atoms with Gasteiger partial charge < -0.3 is 20.1 Å². The fraction of sp³-hybridized carbons (Fsp3) is 0.476. The molecule has 0 aliphatic carbocycles. The average Bonchev–Trinajstić information content (AvgIpc) is 3.14. The summed E-state index contributed by atoms with van der Waals surface area (Å²) < 4.78 is 2.10. The third-order valence-electron chi connectivity index (χ3n) is 4.47. The Labute approximate surface area is 191 Å². The van der Waals surface area contributed by atoms with E-state index in [0.717, 1.165) is 32.0 Å². The van der Waals surface area contributed by atoms with Crippen molar-refractivity contribution in [1.29, 1.82) is 0 Å². The Hall–Kier alpha value is -2.10. The van der Waals surface area contributed by atoms with Crippen molar-refractivity contribution in [3.63, 3.8) is 0 Å². The maximum atomic E-state index is 12.1. The number of benzene rings is 1. The Morgan fingerprint density at radius 1 is 1.14 bits per heavy atom. The minimum atomic E-state index is 0. The molecule has 0 unspecified atom stereocenters. The summed E-state index contributed by atoms with van der Waals surface area (Å²) in [5, 5.41) is 6.46. The van der Waals surface area contributed by atoms with Crippen molar-refractivity contribution in [1.82, 2.24) is 25.1 Å². The molecule has 0 bridgehead atoms. The molecule has 2 N–H and O–H groups in total. The molecule has 0 atom stereocenters. The quantitative estimate of drug-likeness (QED) is 0.292. The van der Waals surface area contributed by atoms with Crippen LogP contribution >= 0.6 is 24.0 Å². The summed E-state index contributed by atoms with van der Waals surface area (Å²) in [6, 6.07) is 10.3. The van der Waals surface area contributed by atoms with Crippen molar-refractivity contribution < 1.29 is 4.79 Å². The van der Waals surface area contributed by atoms with E-state index in [4.69, 9.17) is 0 Å². The highest BCUT2D eigenvalue weighted by Crippen LogP contribution is 2.06. The predicted octanol–water partition coefficient (Wildman–Crippen LogP) is 2.86. The van der Waals surface area contributed by atoms with E-state index in [2.05, 4.69) is 37.3 Å². The van der Waals surface area contributed by atoms with Gasteiger partial charge in [0.15, 0.2) is 5.96 Å². The van der Waals surface area contributed by atoms with Crippen molar-refractivity contribution in [3.05, 3.63) is 54.1 Å². The molecule has 160 valence electrons. The molecule has 1 aromatic carbocycles. The zero-order valence-corrected chi connectivity index (χ0v) is 19.9. The first-order valence-electron chi connectivity index (χ1n) is 10.0. The highest BCUT2D eigenvalue weighted by Gasteiger charge is 2.09. The number of nitrogens with one attached hydrogen (secondary N) is 2. The molecule has 0 saturated heterocycles. The van der Waals surface area contributed by atoms with Gasteiger partial charge in [-0.15, -0.1) is 24.0 Å². The second-order valence-electron chi connectivity index (χ2n) is 6.39. The first-order chi connectivity index (χ1) is 13.7. The number of aromatic nitrogens is 2. The lowest BCUT2D eigenvalue weighted by molar-refractivity contribution is -0.130. The molecule has 1 heterocycles. The molecule has 2 rings (SSSR count). The molecule has 1 amide bonds. The average molecular weight is 512 g/mol. The number of carbonyl (C=O) groups is 1. The lowest BCUT2D eigenvalue weighted by atomic mass is 10.2. The smallest absolute Gasteiger partial charge is 0.224 e. The van der Waals surface area contributed by atoms with Crippen LogP contribution in [0.15, 0.2) is 47.7 Å². The Balaban J connectivity index is 0.00000420. The van der Waals surface area contributed by atoms with Crippen LogP contribution in [-0.4, -0.2) is 52.5 Å². The van der Waals surface area contributed by atoms with E-state index >= 15 is 0 Å². The second kappa shape index (κ2) is 14.0. The molecule has 0 saturated carbocycles. The van der Waals surface area contributed by atoms with Crippen LogP contribution in [0.5, 0.6) is 0 Å². The number of amides is 1. The number of carbonyl (C=O) groups excluding carboxylic acids is 1. The largest absolute Gasteiger partial charge is 0.357 e. The van der Waals surface area contributed by atoms with Crippen LogP contribution in [0.2, 0.25) is 0 Å². The fourth-order valence-electron chi connectivity index (χ4n) is 2.93. The van der Waals surface area contributed by atoms with Crippen LogP contribution in [0.3, 0.4) is 0 Å². The minimum absolute atomic E-state index is 0. The number of rotatable bonds is 10. The van der Waals surface area contributed by atoms with E-state index < -0.39 is 0 Å². The maximum absolute atomic E-state index is 12.1. The molecule has 7 nitrogen and oxygen atoms in total. The Bertz CT molecular complexity index is 743. The molecule has 2 aromatic rings. The normalized spacial score (nSPS) is 10.9. The maximum Gasteiger partial charge on any atom is 0.224 e. The lowest BCUT2D eigenvalue weighted by Crippen LogP contribution is -2.40. The van der Waals surface area contributed by atoms with E-state index in [-0.39, 0.29) is 29.9 Å². The van der Waals surface area contributed by atoms with E-state index in [1.54, 1.807) is 6.20 Å². The Morgan fingerprint density at radius 2 is 1.86 bits per heavy atom. The van der Waals surface area contributed by atoms with Crippen LogP contribution < -0.4 is 10.6 Å². The lowest BCUT2D eigenvalue weighted by Gasteiger charge is -2.19. The highest BCUT2D eigenvalue weighted by molar-refractivity contribution is 14.0. The molecule has 0 spiro atoms. The minimum Gasteiger partial charge on any atom is -0.357 e. The number of hydrogen-bond donors (Lipinski definition) is 2. The molecule has 29 heavy (non-hydrogen) atoms. The van der Waals surface area contributed by atoms with Gasteiger partial charge in [-0.05, 0) is 26.3 Å². The third-order valence-corrected chi connectivity index (χ3v) is 4.47. The van der Waals surface area contributed by atoms with Crippen LogP contribution in [0, 0.1) is 0 Å². The monoisotopic (exact) mass is 512 g/mol. The number of imidazole rings is 1. The van der Waals surface area contributed by atoms with Crippen molar-refractivity contribution in [2.24, 2.45) is 4.99 Å². The van der Waals surface area contributed by atoms with Gasteiger partial charge in [-0.3, -0.25) is 4.79 Å². The van der Waals surface area contributed by atoms with Crippen LogP contribution in [0.4, 0.5) is 0 Å². The molecule has 0 aliphatic heterocycles. The van der Waals surface area contributed by atoms with Crippen molar-refractivity contribution in [3.8, 4) is 0 Å². The third kappa shape index (κ3) is 8.43. The molecule has 0 aliphatic rings.